The maximum atomic E-state index is 15.0. The van der Waals surface area contributed by atoms with E-state index in [1.165, 1.54) is 6.07 Å². The number of fused-ring (bicyclic) bond motifs is 1. The van der Waals surface area contributed by atoms with Gasteiger partial charge in [-0.3, -0.25) is 0 Å². The van der Waals surface area contributed by atoms with Crippen LogP contribution in [-0.2, 0) is 0 Å². The second kappa shape index (κ2) is 6.79. The zero-order chi connectivity index (χ0) is 19.0. The van der Waals surface area contributed by atoms with Crippen LogP contribution >= 0.6 is 0 Å². The summed E-state index contributed by atoms with van der Waals surface area (Å²) in [7, 11) is 1.96. The highest BCUT2D eigenvalue weighted by molar-refractivity contribution is 5.94. The molecule has 0 saturated carbocycles. The normalized spacial score (nSPS) is 11.1. The Hall–Kier alpha value is -3.28. The highest BCUT2D eigenvalue weighted by Crippen LogP contribution is 2.33. The van der Waals surface area contributed by atoms with Crippen LogP contribution in [-0.4, -0.2) is 33.3 Å². The quantitative estimate of drug-likeness (QED) is 0.541. The van der Waals surface area contributed by atoms with Crippen LogP contribution in [0.25, 0.3) is 28.0 Å². The smallest absolute Gasteiger partial charge is 0.253 e. The Labute approximate surface area is 157 Å². The molecule has 2 aromatic heterocycles. The summed E-state index contributed by atoms with van der Waals surface area (Å²) >= 11 is 0. The highest BCUT2D eigenvalue weighted by atomic mass is 19.1. The van der Waals surface area contributed by atoms with E-state index >= 15 is 0 Å². The molecule has 0 spiro atoms. The summed E-state index contributed by atoms with van der Waals surface area (Å²) in [5.74, 6) is 0.876. The van der Waals surface area contributed by atoms with Crippen LogP contribution in [0.2, 0.25) is 0 Å². The summed E-state index contributed by atoms with van der Waals surface area (Å²) in [4.78, 5) is 11.3. The topological polar surface area (TPSA) is 46.8 Å². The average molecular weight is 361 g/mol. The number of nitrogens with zero attached hydrogens (tertiary/aromatic N) is 5. The molecule has 136 valence electrons. The van der Waals surface area contributed by atoms with Crippen molar-refractivity contribution in [2.75, 3.05) is 18.5 Å². The molecule has 5 nitrogen and oxygen atoms in total. The van der Waals surface area contributed by atoms with Crippen LogP contribution in [0, 0.1) is 12.7 Å². The Bertz CT molecular complexity index is 1110. The number of aromatic nitrogens is 4. The third-order valence-corrected chi connectivity index (χ3v) is 4.73. The first-order valence-electron chi connectivity index (χ1n) is 8.87. The van der Waals surface area contributed by atoms with Gasteiger partial charge in [-0.2, -0.15) is 10.1 Å². The van der Waals surface area contributed by atoms with E-state index < -0.39 is 0 Å². The van der Waals surface area contributed by atoms with Gasteiger partial charge in [0, 0.05) is 43.0 Å². The average Bonchev–Trinajstić information content (AvgIpc) is 3.21. The maximum absolute atomic E-state index is 15.0. The van der Waals surface area contributed by atoms with E-state index in [9.17, 15) is 4.39 Å². The molecule has 0 atom stereocenters. The summed E-state index contributed by atoms with van der Waals surface area (Å²) in [6.07, 6.45) is 3.44. The molecule has 4 aromatic rings. The van der Waals surface area contributed by atoms with Gasteiger partial charge < -0.3 is 4.90 Å². The molecule has 0 saturated heterocycles. The minimum absolute atomic E-state index is 0.299. The van der Waals surface area contributed by atoms with Crippen molar-refractivity contribution in [2.24, 2.45) is 0 Å². The molecule has 4 rings (SSSR count). The second-order valence-corrected chi connectivity index (χ2v) is 6.48. The van der Waals surface area contributed by atoms with E-state index in [-0.39, 0.29) is 5.82 Å². The molecule has 0 bridgehead atoms. The Morgan fingerprint density at radius 2 is 1.89 bits per heavy atom. The summed E-state index contributed by atoms with van der Waals surface area (Å²) < 4.78 is 16.6. The van der Waals surface area contributed by atoms with E-state index in [2.05, 4.69) is 10.1 Å². The van der Waals surface area contributed by atoms with Gasteiger partial charge in [0.15, 0.2) is 0 Å². The Balaban J connectivity index is 2.00. The highest BCUT2D eigenvalue weighted by Gasteiger charge is 2.17. The molecule has 2 heterocycles. The monoisotopic (exact) mass is 361 g/mol. The molecule has 2 aromatic carbocycles. The lowest BCUT2D eigenvalue weighted by Crippen LogP contribution is -2.19. The molecule has 0 unspecified atom stereocenters. The van der Waals surface area contributed by atoms with Crippen LogP contribution in [0.15, 0.2) is 54.9 Å². The lowest BCUT2D eigenvalue weighted by atomic mass is 9.98. The molecule has 0 radical (unpaired) electrons. The van der Waals surface area contributed by atoms with Crippen molar-refractivity contribution >= 4 is 16.7 Å². The summed E-state index contributed by atoms with van der Waals surface area (Å²) in [5, 5.41) is 5.01. The van der Waals surface area contributed by atoms with Crippen molar-refractivity contribution in [2.45, 2.75) is 13.8 Å². The predicted octanol–water partition coefficient (Wildman–Crippen LogP) is 4.39. The van der Waals surface area contributed by atoms with Crippen molar-refractivity contribution in [3.05, 3.63) is 66.2 Å². The van der Waals surface area contributed by atoms with Gasteiger partial charge in [0.05, 0.1) is 5.52 Å². The first-order valence-corrected chi connectivity index (χ1v) is 8.87. The molecular formula is C21H20FN5. The van der Waals surface area contributed by atoms with E-state index in [0.29, 0.717) is 17.0 Å². The fraction of sp³-hybridized carbons (Fsp3) is 0.190. The van der Waals surface area contributed by atoms with Crippen molar-refractivity contribution in [3.8, 4) is 17.1 Å². The van der Waals surface area contributed by atoms with Crippen molar-refractivity contribution < 1.29 is 4.39 Å². The van der Waals surface area contributed by atoms with E-state index in [1.807, 2.05) is 56.1 Å². The molecule has 27 heavy (non-hydrogen) atoms. The van der Waals surface area contributed by atoms with Crippen LogP contribution in [0.3, 0.4) is 0 Å². The SMILES string of the molecule is CCN(C)c1nc(-n2cccn2)nc2cc(F)c(-c3ccccc3C)cc12. The number of hydrogen-bond acceptors (Lipinski definition) is 4. The Morgan fingerprint density at radius 1 is 1.07 bits per heavy atom. The lowest BCUT2D eigenvalue weighted by Gasteiger charge is -2.19. The minimum atomic E-state index is -0.299. The first-order chi connectivity index (χ1) is 13.1. The van der Waals surface area contributed by atoms with E-state index in [0.717, 1.165) is 28.9 Å². The predicted molar refractivity (Wildman–Crippen MR) is 106 cm³/mol. The number of rotatable bonds is 4. The molecule has 0 amide bonds. The van der Waals surface area contributed by atoms with E-state index in [4.69, 9.17) is 4.98 Å². The van der Waals surface area contributed by atoms with E-state index in [1.54, 1.807) is 23.1 Å². The van der Waals surface area contributed by atoms with Crippen LogP contribution in [0.5, 0.6) is 0 Å². The lowest BCUT2D eigenvalue weighted by molar-refractivity contribution is 0.632. The first kappa shape index (κ1) is 17.1. The van der Waals surface area contributed by atoms with Crippen LogP contribution < -0.4 is 4.90 Å². The zero-order valence-corrected chi connectivity index (χ0v) is 15.5. The van der Waals surface area contributed by atoms with Gasteiger partial charge in [-0.05, 0) is 37.1 Å². The van der Waals surface area contributed by atoms with Gasteiger partial charge in [-0.25, -0.2) is 14.1 Å². The van der Waals surface area contributed by atoms with Crippen LogP contribution in [0.1, 0.15) is 12.5 Å². The van der Waals surface area contributed by atoms with Gasteiger partial charge in [-0.1, -0.05) is 24.3 Å². The number of anilines is 1. The second-order valence-electron chi connectivity index (χ2n) is 6.48. The standard InChI is InChI=1S/C21H20FN5/c1-4-26(3)20-17-12-16(15-9-6-5-8-14(15)2)18(22)13-19(17)24-21(25-20)27-11-7-10-23-27/h5-13H,4H2,1-3H3. The largest absolute Gasteiger partial charge is 0.359 e. The fourth-order valence-corrected chi connectivity index (χ4v) is 3.13. The third kappa shape index (κ3) is 3.03. The molecule has 0 fully saturated rings. The number of benzene rings is 2. The number of hydrogen-bond donors (Lipinski definition) is 0. The molecule has 0 N–H and O–H groups in total. The summed E-state index contributed by atoms with van der Waals surface area (Å²) in [6, 6.07) is 12.9. The number of halogens is 1. The Kier molecular flexibility index (Phi) is 4.32. The summed E-state index contributed by atoms with van der Waals surface area (Å²) in [6.45, 7) is 4.80. The number of aryl methyl sites for hydroxylation is 1. The molecule has 6 heteroatoms. The third-order valence-electron chi connectivity index (χ3n) is 4.73. The van der Waals surface area contributed by atoms with Crippen molar-refractivity contribution in [3.63, 3.8) is 0 Å². The zero-order valence-electron chi connectivity index (χ0n) is 15.5. The van der Waals surface area contributed by atoms with Gasteiger partial charge in [-0.15, -0.1) is 0 Å². The molecular weight excluding hydrogens is 341 g/mol. The van der Waals surface area contributed by atoms with Gasteiger partial charge in [0.2, 0.25) is 0 Å². The molecule has 0 aliphatic rings. The van der Waals surface area contributed by atoms with Crippen LogP contribution in [0.4, 0.5) is 10.2 Å². The van der Waals surface area contributed by atoms with Crippen molar-refractivity contribution in [1.29, 1.82) is 0 Å². The molecule has 0 aliphatic heterocycles. The minimum Gasteiger partial charge on any atom is -0.359 e. The van der Waals surface area contributed by atoms with Gasteiger partial charge in [0.25, 0.3) is 5.95 Å². The van der Waals surface area contributed by atoms with Gasteiger partial charge in [0.1, 0.15) is 11.6 Å². The maximum Gasteiger partial charge on any atom is 0.253 e. The Morgan fingerprint density at radius 3 is 2.59 bits per heavy atom. The van der Waals surface area contributed by atoms with Gasteiger partial charge >= 0.3 is 0 Å². The molecule has 0 aliphatic carbocycles. The van der Waals surface area contributed by atoms with Crippen molar-refractivity contribution in [1.82, 2.24) is 19.7 Å². The fourth-order valence-electron chi connectivity index (χ4n) is 3.13. The summed E-state index contributed by atoms with van der Waals surface area (Å²) in [5.41, 5.74) is 3.01.